The van der Waals surface area contributed by atoms with Crippen LogP contribution in [0.3, 0.4) is 0 Å². The Balaban J connectivity index is 1.20. The molecule has 0 unspecified atom stereocenters. The number of hydrogen-bond acceptors (Lipinski definition) is 5. The van der Waals surface area contributed by atoms with E-state index in [0.29, 0.717) is 37.2 Å². The van der Waals surface area contributed by atoms with Gasteiger partial charge < -0.3 is 25.2 Å². The van der Waals surface area contributed by atoms with Crippen molar-refractivity contribution in [1.29, 1.82) is 0 Å². The summed E-state index contributed by atoms with van der Waals surface area (Å²) in [5, 5.41) is 10.3. The standard InChI is InChI=1S/C30H38N2O5/c1-28(2)24(33)11-12-29(3,37-28)25-18-30(19-36-25)13-15-32(16-14-30)27(35)21-9-7-20(8-10-21)22-5-4-6-23(17-22)26(31)34/h4-10,17,24-25,33H,11-16,18-19H2,1-3H3,(H2,31,34)/t24-,25+,29+/m0/s1. The van der Waals surface area contributed by atoms with Crippen LogP contribution < -0.4 is 5.73 Å². The lowest BCUT2D eigenvalue weighted by atomic mass is 9.73. The van der Waals surface area contributed by atoms with Crippen LogP contribution >= 0.6 is 0 Å². The Hall–Kier alpha value is -2.74. The molecule has 2 aromatic rings. The van der Waals surface area contributed by atoms with Crippen LogP contribution in [0.15, 0.2) is 48.5 Å². The summed E-state index contributed by atoms with van der Waals surface area (Å²) >= 11 is 0. The van der Waals surface area contributed by atoms with Crippen LogP contribution in [0, 0.1) is 5.41 Å². The minimum Gasteiger partial charge on any atom is -0.390 e. The van der Waals surface area contributed by atoms with Crippen molar-refractivity contribution in [3.63, 3.8) is 0 Å². The van der Waals surface area contributed by atoms with E-state index in [1.165, 1.54) is 0 Å². The van der Waals surface area contributed by atoms with Crippen molar-refractivity contribution in [3.8, 4) is 11.1 Å². The molecule has 7 nitrogen and oxygen atoms in total. The lowest BCUT2D eigenvalue weighted by Crippen LogP contribution is -2.56. The Morgan fingerprint density at radius 3 is 2.32 bits per heavy atom. The first-order chi connectivity index (χ1) is 17.5. The van der Waals surface area contributed by atoms with E-state index in [-0.39, 0.29) is 17.4 Å². The fourth-order valence-electron chi connectivity index (χ4n) is 6.27. The van der Waals surface area contributed by atoms with Crippen LogP contribution in [0.2, 0.25) is 0 Å². The van der Waals surface area contributed by atoms with Gasteiger partial charge in [-0.05, 0) is 93.7 Å². The molecule has 1 spiro atoms. The van der Waals surface area contributed by atoms with Gasteiger partial charge in [0.15, 0.2) is 0 Å². The lowest BCUT2D eigenvalue weighted by Gasteiger charge is -2.48. The first-order valence-electron chi connectivity index (χ1n) is 13.3. The highest BCUT2D eigenvalue weighted by Gasteiger charge is 2.53. The molecule has 198 valence electrons. The number of aliphatic hydroxyl groups is 1. The molecule has 7 heteroatoms. The molecule has 0 radical (unpaired) electrons. The topological polar surface area (TPSA) is 102 Å². The predicted octanol–water partition coefficient (Wildman–Crippen LogP) is 4.17. The summed E-state index contributed by atoms with van der Waals surface area (Å²) in [4.78, 5) is 26.7. The van der Waals surface area contributed by atoms with Crippen LogP contribution in [0.5, 0.6) is 0 Å². The van der Waals surface area contributed by atoms with Gasteiger partial charge in [-0.1, -0.05) is 24.3 Å². The highest BCUT2D eigenvalue weighted by Crippen LogP contribution is 2.49. The number of piperidine rings is 1. The molecule has 5 rings (SSSR count). The molecule has 3 atom stereocenters. The normalized spacial score (nSPS) is 28.8. The van der Waals surface area contributed by atoms with E-state index in [2.05, 4.69) is 6.92 Å². The van der Waals surface area contributed by atoms with Gasteiger partial charge in [0.05, 0.1) is 30.0 Å². The largest absolute Gasteiger partial charge is 0.390 e. The number of likely N-dealkylation sites (tertiary alicyclic amines) is 1. The number of hydrogen-bond donors (Lipinski definition) is 2. The van der Waals surface area contributed by atoms with Gasteiger partial charge in [0.2, 0.25) is 5.91 Å². The van der Waals surface area contributed by atoms with Crippen molar-refractivity contribution in [2.75, 3.05) is 19.7 Å². The molecular weight excluding hydrogens is 468 g/mol. The summed E-state index contributed by atoms with van der Waals surface area (Å²) in [6.45, 7) is 8.14. The molecule has 3 N–H and O–H groups in total. The fraction of sp³-hybridized carbons (Fsp3) is 0.533. The summed E-state index contributed by atoms with van der Waals surface area (Å²) in [5.41, 5.74) is 7.44. The second-order valence-electron chi connectivity index (χ2n) is 11.9. The SMILES string of the molecule is CC1(C)O[C@@](C)([C@H]2CC3(CCN(C(=O)c4ccc(-c5cccc(C(N)=O)c5)cc4)CC3)CO2)CC[C@@H]1O. The van der Waals surface area contributed by atoms with Crippen LogP contribution in [0.25, 0.3) is 11.1 Å². The average Bonchev–Trinajstić information content (AvgIpc) is 3.31. The molecule has 3 fully saturated rings. The van der Waals surface area contributed by atoms with Gasteiger partial charge in [0.25, 0.3) is 5.91 Å². The van der Waals surface area contributed by atoms with Crippen molar-refractivity contribution in [1.82, 2.24) is 4.90 Å². The van der Waals surface area contributed by atoms with Crippen LogP contribution in [0.1, 0.15) is 73.6 Å². The lowest BCUT2D eigenvalue weighted by molar-refractivity contribution is -0.245. The number of nitrogens with zero attached hydrogens (tertiary/aromatic N) is 1. The maximum atomic E-state index is 13.2. The molecule has 3 aliphatic rings. The predicted molar refractivity (Wildman–Crippen MR) is 141 cm³/mol. The number of nitrogens with two attached hydrogens (primary N) is 1. The molecule has 0 saturated carbocycles. The molecule has 3 aliphatic heterocycles. The Kier molecular flexibility index (Phi) is 6.67. The molecule has 37 heavy (non-hydrogen) atoms. The maximum Gasteiger partial charge on any atom is 0.253 e. The van der Waals surface area contributed by atoms with Crippen molar-refractivity contribution in [2.24, 2.45) is 11.1 Å². The molecule has 2 amide bonds. The zero-order valence-electron chi connectivity index (χ0n) is 22.0. The Morgan fingerprint density at radius 1 is 0.973 bits per heavy atom. The highest BCUT2D eigenvalue weighted by atomic mass is 16.6. The van der Waals surface area contributed by atoms with Crippen LogP contribution in [-0.2, 0) is 9.47 Å². The summed E-state index contributed by atoms with van der Waals surface area (Å²) in [6.07, 6.45) is 3.79. The molecule has 3 heterocycles. The van der Waals surface area contributed by atoms with Crippen molar-refractivity contribution < 1.29 is 24.2 Å². The van der Waals surface area contributed by atoms with Crippen molar-refractivity contribution in [3.05, 3.63) is 59.7 Å². The van der Waals surface area contributed by atoms with Gasteiger partial charge in [-0.2, -0.15) is 0 Å². The molecule has 0 bridgehead atoms. The third-order valence-corrected chi connectivity index (χ3v) is 8.83. The van der Waals surface area contributed by atoms with E-state index in [0.717, 1.165) is 36.8 Å². The highest BCUT2D eigenvalue weighted by molar-refractivity contribution is 5.95. The van der Waals surface area contributed by atoms with Crippen molar-refractivity contribution in [2.45, 2.75) is 76.3 Å². The number of carbonyl (C=O) groups excluding carboxylic acids is 2. The first-order valence-corrected chi connectivity index (χ1v) is 13.3. The number of benzene rings is 2. The van der Waals surface area contributed by atoms with Gasteiger partial charge in [-0.25, -0.2) is 0 Å². The average molecular weight is 507 g/mol. The smallest absolute Gasteiger partial charge is 0.253 e. The zero-order chi connectivity index (χ0) is 26.4. The number of amides is 2. The zero-order valence-corrected chi connectivity index (χ0v) is 22.0. The van der Waals surface area contributed by atoms with Gasteiger partial charge in [0, 0.05) is 24.2 Å². The number of aliphatic hydroxyl groups excluding tert-OH is 1. The van der Waals surface area contributed by atoms with Crippen molar-refractivity contribution >= 4 is 11.8 Å². The van der Waals surface area contributed by atoms with Gasteiger partial charge in [-0.15, -0.1) is 0 Å². The number of carbonyl (C=O) groups is 2. The Labute approximate surface area is 218 Å². The summed E-state index contributed by atoms with van der Waals surface area (Å²) in [6, 6.07) is 14.7. The van der Waals surface area contributed by atoms with Gasteiger partial charge in [-0.3, -0.25) is 9.59 Å². The van der Waals surface area contributed by atoms with E-state index in [9.17, 15) is 14.7 Å². The number of rotatable bonds is 4. The quantitative estimate of drug-likeness (QED) is 0.648. The molecule has 0 aliphatic carbocycles. The Bertz CT molecular complexity index is 1170. The van der Waals surface area contributed by atoms with Gasteiger partial charge in [0.1, 0.15) is 0 Å². The minimum absolute atomic E-state index is 0.00198. The molecule has 3 saturated heterocycles. The van der Waals surface area contributed by atoms with E-state index in [1.54, 1.807) is 18.2 Å². The monoisotopic (exact) mass is 506 g/mol. The summed E-state index contributed by atoms with van der Waals surface area (Å²) < 4.78 is 12.7. The number of ether oxygens (including phenoxy) is 2. The fourth-order valence-corrected chi connectivity index (χ4v) is 6.27. The van der Waals surface area contributed by atoms with E-state index >= 15 is 0 Å². The molecule has 2 aromatic carbocycles. The molecule has 0 aromatic heterocycles. The van der Waals surface area contributed by atoms with E-state index in [1.807, 2.05) is 49.1 Å². The van der Waals surface area contributed by atoms with Crippen LogP contribution in [0.4, 0.5) is 0 Å². The van der Waals surface area contributed by atoms with Crippen LogP contribution in [-0.4, -0.2) is 64.9 Å². The number of primary amides is 1. The van der Waals surface area contributed by atoms with E-state index < -0.39 is 23.2 Å². The third kappa shape index (κ3) is 5.05. The second kappa shape index (κ2) is 9.53. The molecular formula is C30H38N2O5. The summed E-state index contributed by atoms with van der Waals surface area (Å²) in [7, 11) is 0. The van der Waals surface area contributed by atoms with E-state index in [4.69, 9.17) is 15.2 Å². The second-order valence-corrected chi connectivity index (χ2v) is 11.9. The minimum atomic E-state index is -0.581. The van der Waals surface area contributed by atoms with Gasteiger partial charge >= 0.3 is 0 Å². The first kappa shape index (κ1) is 25.9. The summed E-state index contributed by atoms with van der Waals surface area (Å²) in [5.74, 6) is -0.417. The maximum absolute atomic E-state index is 13.2. The third-order valence-electron chi connectivity index (χ3n) is 8.83. The Morgan fingerprint density at radius 2 is 1.68 bits per heavy atom.